The average molecular weight is 238 g/mol. The van der Waals surface area contributed by atoms with Crippen molar-refractivity contribution in [1.29, 1.82) is 0 Å². The van der Waals surface area contributed by atoms with Crippen LogP contribution in [0.15, 0.2) is 36.1 Å². The van der Waals surface area contributed by atoms with Gasteiger partial charge in [0.25, 0.3) is 0 Å². The molecule has 0 radical (unpaired) electrons. The van der Waals surface area contributed by atoms with Crippen molar-refractivity contribution in [3.8, 4) is 0 Å². The zero-order valence-electron chi connectivity index (χ0n) is 10.3. The van der Waals surface area contributed by atoms with E-state index in [1.807, 2.05) is 19.1 Å². The Morgan fingerprint density at radius 3 is 2.71 bits per heavy atom. The Bertz CT molecular complexity index is 364. The number of hydrogen-bond donors (Lipinski definition) is 1. The second-order valence-corrected chi connectivity index (χ2v) is 4.22. The number of rotatable bonds is 4. The Morgan fingerprint density at radius 2 is 2.12 bits per heavy atom. The van der Waals surface area contributed by atoms with Crippen molar-refractivity contribution >= 4 is 5.97 Å². The normalized spacial score (nSPS) is 21.2. The predicted molar refractivity (Wildman–Crippen MR) is 63.9 cm³/mol. The molecule has 0 aromatic carbocycles. The van der Waals surface area contributed by atoms with Crippen LogP contribution in [0.5, 0.6) is 0 Å². The highest BCUT2D eigenvalue weighted by Gasteiger charge is 2.30. The third kappa shape index (κ3) is 4.87. The van der Waals surface area contributed by atoms with E-state index in [4.69, 9.17) is 9.47 Å². The molecule has 0 bridgehead atoms. The molecule has 0 spiro atoms. The van der Waals surface area contributed by atoms with Gasteiger partial charge in [0.2, 0.25) is 5.79 Å². The molecule has 1 rings (SSSR count). The highest BCUT2D eigenvalue weighted by atomic mass is 16.7. The first-order valence-electron chi connectivity index (χ1n) is 5.53. The average Bonchev–Trinajstić information content (AvgIpc) is 2.14. The molecule has 17 heavy (non-hydrogen) atoms. The molecule has 0 aliphatic carbocycles. The smallest absolute Gasteiger partial charge is 0.337 e. The SMILES string of the molecule is C/C=C/C=C/[C@H](O)CC1=CC(=O)OC(C)(C)O1. The monoisotopic (exact) mass is 238 g/mol. The Hall–Kier alpha value is -1.55. The molecule has 1 N–H and O–H groups in total. The van der Waals surface area contributed by atoms with E-state index in [2.05, 4.69) is 0 Å². The Labute approximate surface area is 101 Å². The fourth-order valence-electron chi connectivity index (χ4n) is 1.45. The summed E-state index contributed by atoms with van der Waals surface area (Å²) in [7, 11) is 0. The highest BCUT2D eigenvalue weighted by Crippen LogP contribution is 2.24. The van der Waals surface area contributed by atoms with E-state index >= 15 is 0 Å². The maximum absolute atomic E-state index is 11.2. The van der Waals surface area contributed by atoms with E-state index in [-0.39, 0.29) is 6.42 Å². The van der Waals surface area contributed by atoms with Gasteiger partial charge in [0.05, 0.1) is 12.2 Å². The van der Waals surface area contributed by atoms with E-state index in [1.165, 1.54) is 6.08 Å². The summed E-state index contributed by atoms with van der Waals surface area (Å²) in [5, 5.41) is 9.69. The quantitative estimate of drug-likeness (QED) is 0.601. The summed E-state index contributed by atoms with van der Waals surface area (Å²) in [5.41, 5.74) is 0. The summed E-state index contributed by atoms with van der Waals surface area (Å²) in [6.45, 7) is 5.20. The standard InChI is InChI=1S/C13H18O4/c1-4-5-6-7-10(14)8-11-9-12(15)17-13(2,3)16-11/h4-7,9-10,14H,8H2,1-3H3/b5-4+,7-6+/t10-/m0/s1. The van der Waals surface area contributed by atoms with Gasteiger partial charge in [-0.15, -0.1) is 0 Å². The van der Waals surface area contributed by atoms with E-state index in [0.717, 1.165) is 0 Å². The number of esters is 1. The van der Waals surface area contributed by atoms with Crippen LogP contribution in [0, 0.1) is 0 Å². The molecule has 1 aliphatic heterocycles. The zero-order valence-corrected chi connectivity index (χ0v) is 10.3. The van der Waals surface area contributed by atoms with Crippen LogP contribution in [-0.4, -0.2) is 23.0 Å². The van der Waals surface area contributed by atoms with Crippen LogP contribution in [0.1, 0.15) is 27.2 Å². The summed E-state index contributed by atoms with van der Waals surface area (Å²) in [6.07, 6.45) is 7.90. The van der Waals surface area contributed by atoms with Gasteiger partial charge >= 0.3 is 5.97 Å². The Kier molecular flexibility index (Phi) is 4.52. The number of aliphatic hydroxyl groups is 1. The summed E-state index contributed by atoms with van der Waals surface area (Å²) >= 11 is 0. The Balaban J connectivity index is 2.59. The highest BCUT2D eigenvalue weighted by molar-refractivity contribution is 5.83. The fourth-order valence-corrected chi connectivity index (χ4v) is 1.45. The molecule has 0 saturated carbocycles. The number of cyclic esters (lactones) is 1. The van der Waals surface area contributed by atoms with E-state index in [0.29, 0.717) is 5.76 Å². The van der Waals surface area contributed by atoms with Gasteiger partial charge in [-0.2, -0.15) is 0 Å². The molecular weight excluding hydrogens is 220 g/mol. The van der Waals surface area contributed by atoms with Crippen LogP contribution in [0.25, 0.3) is 0 Å². The minimum Gasteiger partial charge on any atom is -0.457 e. The molecule has 94 valence electrons. The van der Waals surface area contributed by atoms with Crippen LogP contribution >= 0.6 is 0 Å². The van der Waals surface area contributed by atoms with Crippen LogP contribution in [0.2, 0.25) is 0 Å². The van der Waals surface area contributed by atoms with Crippen LogP contribution in [-0.2, 0) is 14.3 Å². The van der Waals surface area contributed by atoms with Crippen molar-refractivity contribution in [2.45, 2.75) is 39.1 Å². The van der Waals surface area contributed by atoms with Gasteiger partial charge in [-0.3, -0.25) is 0 Å². The maximum Gasteiger partial charge on any atom is 0.337 e. The van der Waals surface area contributed by atoms with Crippen molar-refractivity contribution in [3.05, 3.63) is 36.1 Å². The van der Waals surface area contributed by atoms with Crippen LogP contribution in [0.4, 0.5) is 0 Å². The van der Waals surface area contributed by atoms with E-state index in [9.17, 15) is 9.90 Å². The molecule has 1 atom stereocenters. The topological polar surface area (TPSA) is 55.8 Å². The largest absolute Gasteiger partial charge is 0.457 e. The number of carbonyl (C=O) groups excluding carboxylic acids is 1. The fraction of sp³-hybridized carbons (Fsp3) is 0.462. The third-order valence-electron chi connectivity index (χ3n) is 2.05. The molecule has 0 fully saturated rings. The Morgan fingerprint density at radius 1 is 1.41 bits per heavy atom. The molecule has 0 aromatic rings. The summed E-state index contributed by atoms with van der Waals surface area (Å²) < 4.78 is 10.4. The number of carbonyl (C=O) groups is 1. The molecule has 0 amide bonds. The molecule has 4 heteroatoms. The van der Waals surface area contributed by atoms with Crippen LogP contribution in [0.3, 0.4) is 0 Å². The molecule has 1 aliphatic rings. The van der Waals surface area contributed by atoms with Gasteiger partial charge < -0.3 is 14.6 Å². The third-order valence-corrected chi connectivity index (χ3v) is 2.05. The van der Waals surface area contributed by atoms with Crippen molar-refractivity contribution < 1.29 is 19.4 Å². The molecule has 0 saturated heterocycles. The van der Waals surface area contributed by atoms with Crippen molar-refractivity contribution in [2.24, 2.45) is 0 Å². The summed E-state index contributed by atoms with van der Waals surface area (Å²) in [5.74, 6) is -0.974. The van der Waals surface area contributed by atoms with Crippen LogP contribution < -0.4 is 0 Å². The van der Waals surface area contributed by atoms with E-state index < -0.39 is 17.9 Å². The number of allylic oxidation sites excluding steroid dienone is 3. The van der Waals surface area contributed by atoms with Gasteiger partial charge in [-0.05, 0) is 6.92 Å². The molecule has 0 aromatic heterocycles. The number of ether oxygens (including phenoxy) is 2. The van der Waals surface area contributed by atoms with Gasteiger partial charge in [-0.25, -0.2) is 4.79 Å². The molecule has 4 nitrogen and oxygen atoms in total. The lowest BCUT2D eigenvalue weighted by molar-refractivity contribution is -0.206. The lowest BCUT2D eigenvalue weighted by Gasteiger charge is -2.31. The minimum absolute atomic E-state index is 0.257. The first-order valence-corrected chi connectivity index (χ1v) is 5.53. The second-order valence-electron chi connectivity index (χ2n) is 4.22. The predicted octanol–water partition coefficient (Wildman–Crippen LogP) is 2.06. The van der Waals surface area contributed by atoms with Crippen molar-refractivity contribution in [3.63, 3.8) is 0 Å². The van der Waals surface area contributed by atoms with Gasteiger partial charge in [0, 0.05) is 20.3 Å². The first-order chi connectivity index (χ1) is 7.93. The lowest BCUT2D eigenvalue weighted by Crippen LogP contribution is -2.34. The number of hydrogen-bond acceptors (Lipinski definition) is 4. The van der Waals surface area contributed by atoms with Crippen molar-refractivity contribution in [1.82, 2.24) is 0 Å². The van der Waals surface area contributed by atoms with E-state index in [1.54, 1.807) is 26.0 Å². The van der Waals surface area contributed by atoms with Crippen molar-refractivity contribution in [2.75, 3.05) is 0 Å². The lowest BCUT2D eigenvalue weighted by atomic mass is 10.1. The summed E-state index contributed by atoms with van der Waals surface area (Å²) in [4.78, 5) is 11.2. The molecule has 1 heterocycles. The molecule has 0 unspecified atom stereocenters. The number of aliphatic hydroxyl groups excluding tert-OH is 1. The van der Waals surface area contributed by atoms with Gasteiger partial charge in [-0.1, -0.05) is 24.3 Å². The molecular formula is C13H18O4. The van der Waals surface area contributed by atoms with Gasteiger partial charge in [0.15, 0.2) is 0 Å². The zero-order chi connectivity index (χ0) is 12.9. The summed E-state index contributed by atoms with van der Waals surface area (Å²) in [6, 6.07) is 0. The first kappa shape index (κ1) is 13.5. The van der Waals surface area contributed by atoms with Gasteiger partial charge in [0.1, 0.15) is 5.76 Å². The second kappa shape index (κ2) is 5.68. The maximum atomic E-state index is 11.2. The minimum atomic E-state index is -0.964.